The van der Waals surface area contributed by atoms with Gasteiger partial charge in [0.25, 0.3) is 0 Å². The van der Waals surface area contributed by atoms with E-state index < -0.39 is 6.10 Å². The minimum atomic E-state index is -0.763. The fourth-order valence-electron chi connectivity index (χ4n) is 9.58. The lowest BCUT2D eigenvalue weighted by molar-refractivity contribution is -0.167. The van der Waals surface area contributed by atoms with Crippen molar-refractivity contribution in [2.45, 2.75) is 355 Å². The molecule has 0 aliphatic carbocycles. The maximum absolute atomic E-state index is 12.9. The summed E-state index contributed by atoms with van der Waals surface area (Å²) in [6.07, 6.45) is 59.6. The number of hydrogen-bond donors (Lipinski definition) is 0. The van der Waals surface area contributed by atoms with Crippen molar-refractivity contribution in [2.24, 2.45) is 11.8 Å². The van der Waals surface area contributed by atoms with E-state index in [2.05, 4.69) is 34.6 Å². The highest BCUT2D eigenvalue weighted by molar-refractivity contribution is 5.71. The lowest BCUT2D eigenvalue weighted by atomic mass is 10.0. The Hall–Kier alpha value is -1.59. The van der Waals surface area contributed by atoms with Gasteiger partial charge in [-0.05, 0) is 31.1 Å². The molecule has 0 aromatic carbocycles. The van der Waals surface area contributed by atoms with E-state index in [4.69, 9.17) is 14.2 Å². The molecule has 0 bridgehead atoms. The molecule has 0 rings (SSSR count). The Balaban J connectivity index is 4.26. The van der Waals surface area contributed by atoms with E-state index in [1.165, 1.54) is 238 Å². The first-order chi connectivity index (χ1) is 33.2. The summed E-state index contributed by atoms with van der Waals surface area (Å²) in [6, 6.07) is 0. The van der Waals surface area contributed by atoms with Crippen molar-refractivity contribution >= 4 is 17.9 Å². The van der Waals surface area contributed by atoms with Gasteiger partial charge in [0.15, 0.2) is 6.10 Å². The molecule has 6 nitrogen and oxygen atoms in total. The Labute approximate surface area is 425 Å². The van der Waals surface area contributed by atoms with E-state index in [0.29, 0.717) is 19.3 Å². The lowest BCUT2D eigenvalue weighted by Gasteiger charge is -2.18. The van der Waals surface area contributed by atoms with Crippen molar-refractivity contribution in [2.75, 3.05) is 13.2 Å². The third kappa shape index (κ3) is 55.3. The number of ether oxygens (including phenoxy) is 3. The molecule has 0 spiro atoms. The normalized spacial score (nSPS) is 12.0. The smallest absolute Gasteiger partial charge is 0.306 e. The Morgan fingerprint density at radius 2 is 0.485 bits per heavy atom. The number of rotatable bonds is 56. The molecule has 0 heterocycles. The summed E-state index contributed by atoms with van der Waals surface area (Å²) in [7, 11) is 0. The summed E-state index contributed by atoms with van der Waals surface area (Å²) >= 11 is 0. The topological polar surface area (TPSA) is 78.9 Å². The summed E-state index contributed by atoms with van der Waals surface area (Å²) in [6.45, 7) is 11.4. The third-order valence-corrected chi connectivity index (χ3v) is 14.2. The molecule has 0 saturated heterocycles. The molecule has 0 aromatic rings. The van der Waals surface area contributed by atoms with Crippen molar-refractivity contribution in [3.8, 4) is 0 Å². The Kier molecular flexibility index (Phi) is 53.5. The standard InChI is InChI=1S/C62H120O6/c1-6-7-8-9-10-11-12-20-27-32-37-42-47-52-60(63)66-55-59(56-67-61(64)53-48-43-38-33-28-24-19-22-26-31-36-41-46-51-58(4)5)68-62(65)54-49-44-39-34-29-23-18-16-14-13-15-17-21-25-30-35-40-45-50-57(2)3/h57-59H,6-56H2,1-5H3/t59-/m1/s1. The largest absolute Gasteiger partial charge is 0.462 e. The fraction of sp³-hybridized carbons (Fsp3) is 0.952. The van der Waals surface area contributed by atoms with Crippen LogP contribution >= 0.6 is 0 Å². The SMILES string of the molecule is CCCCCCCCCCCCCCCC(=O)OC[C@H](COC(=O)CCCCCCCCCCCCCCCC(C)C)OC(=O)CCCCCCCCCCCCCCCCCCCCC(C)C. The quantitative estimate of drug-likeness (QED) is 0.0343. The summed E-state index contributed by atoms with van der Waals surface area (Å²) in [5, 5.41) is 0. The van der Waals surface area contributed by atoms with Crippen LogP contribution in [0.5, 0.6) is 0 Å². The van der Waals surface area contributed by atoms with Crippen molar-refractivity contribution in [1.82, 2.24) is 0 Å². The molecule has 68 heavy (non-hydrogen) atoms. The molecule has 0 aliphatic rings. The van der Waals surface area contributed by atoms with Crippen LogP contribution in [0.1, 0.15) is 349 Å². The molecule has 0 fully saturated rings. The number of carbonyl (C=O) groups excluding carboxylic acids is 3. The Bertz CT molecular complexity index is 1040. The molecule has 6 heteroatoms. The van der Waals surface area contributed by atoms with Gasteiger partial charge in [-0.2, -0.15) is 0 Å². The predicted octanol–water partition coefficient (Wildman–Crippen LogP) is 20.4. The highest BCUT2D eigenvalue weighted by Gasteiger charge is 2.19. The van der Waals surface area contributed by atoms with Crippen LogP contribution in [0.4, 0.5) is 0 Å². The minimum Gasteiger partial charge on any atom is -0.462 e. The van der Waals surface area contributed by atoms with E-state index in [1.54, 1.807) is 0 Å². The summed E-state index contributed by atoms with van der Waals surface area (Å²) in [4.78, 5) is 38.2. The van der Waals surface area contributed by atoms with Crippen LogP contribution in [-0.4, -0.2) is 37.2 Å². The highest BCUT2D eigenvalue weighted by atomic mass is 16.6. The second-order valence-corrected chi connectivity index (χ2v) is 22.3. The van der Waals surface area contributed by atoms with Crippen molar-refractivity contribution in [1.29, 1.82) is 0 Å². The number of carbonyl (C=O) groups is 3. The zero-order valence-corrected chi connectivity index (χ0v) is 46.7. The van der Waals surface area contributed by atoms with Crippen LogP contribution in [0.15, 0.2) is 0 Å². The van der Waals surface area contributed by atoms with Crippen LogP contribution in [0.25, 0.3) is 0 Å². The van der Waals surface area contributed by atoms with Gasteiger partial charge >= 0.3 is 17.9 Å². The average molecular weight is 962 g/mol. The van der Waals surface area contributed by atoms with E-state index in [9.17, 15) is 14.4 Å². The predicted molar refractivity (Wildman–Crippen MR) is 293 cm³/mol. The molecule has 0 amide bonds. The molecule has 404 valence electrons. The van der Waals surface area contributed by atoms with Crippen LogP contribution < -0.4 is 0 Å². The van der Waals surface area contributed by atoms with Crippen molar-refractivity contribution in [3.05, 3.63) is 0 Å². The molecular formula is C62H120O6. The van der Waals surface area contributed by atoms with E-state index in [-0.39, 0.29) is 31.1 Å². The lowest BCUT2D eigenvalue weighted by Crippen LogP contribution is -2.30. The minimum absolute atomic E-state index is 0.0621. The molecular weight excluding hydrogens is 841 g/mol. The molecule has 1 atom stereocenters. The summed E-state index contributed by atoms with van der Waals surface area (Å²) < 4.78 is 16.9. The van der Waals surface area contributed by atoms with Crippen LogP contribution in [0.3, 0.4) is 0 Å². The van der Waals surface area contributed by atoms with E-state index >= 15 is 0 Å². The van der Waals surface area contributed by atoms with E-state index in [0.717, 1.165) is 69.6 Å². The van der Waals surface area contributed by atoms with Gasteiger partial charge in [0.05, 0.1) is 0 Å². The van der Waals surface area contributed by atoms with Crippen LogP contribution in [-0.2, 0) is 28.6 Å². The Morgan fingerprint density at radius 1 is 0.279 bits per heavy atom. The van der Waals surface area contributed by atoms with Gasteiger partial charge in [0.2, 0.25) is 0 Å². The van der Waals surface area contributed by atoms with Crippen LogP contribution in [0.2, 0.25) is 0 Å². The zero-order valence-electron chi connectivity index (χ0n) is 46.7. The van der Waals surface area contributed by atoms with Gasteiger partial charge in [0, 0.05) is 19.3 Å². The van der Waals surface area contributed by atoms with Gasteiger partial charge < -0.3 is 14.2 Å². The summed E-state index contributed by atoms with van der Waals surface area (Å²) in [5.74, 6) is 0.864. The van der Waals surface area contributed by atoms with Crippen molar-refractivity contribution < 1.29 is 28.6 Å². The second kappa shape index (κ2) is 54.7. The molecule has 0 saturated carbocycles. The van der Waals surface area contributed by atoms with Gasteiger partial charge in [-0.3, -0.25) is 14.4 Å². The maximum Gasteiger partial charge on any atom is 0.306 e. The number of unbranched alkanes of at least 4 members (excludes halogenated alkanes) is 41. The maximum atomic E-state index is 12.9. The average Bonchev–Trinajstić information content (AvgIpc) is 3.31. The first-order valence-electron chi connectivity index (χ1n) is 30.7. The number of esters is 3. The van der Waals surface area contributed by atoms with Gasteiger partial charge in [0.1, 0.15) is 13.2 Å². The second-order valence-electron chi connectivity index (χ2n) is 22.3. The zero-order chi connectivity index (χ0) is 49.6. The van der Waals surface area contributed by atoms with E-state index in [1.807, 2.05) is 0 Å². The van der Waals surface area contributed by atoms with Crippen molar-refractivity contribution in [3.63, 3.8) is 0 Å². The van der Waals surface area contributed by atoms with Gasteiger partial charge in [-0.25, -0.2) is 0 Å². The fourth-order valence-corrected chi connectivity index (χ4v) is 9.58. The molecule has 0 unspecified atom stereocenters. The molecule has 0 radical (unpaired) electrons. The van der Waals surface area contributed by atoms with Gasteiger partial charge in [-0.1, -0.05) is 311 Å². The van der Waals surface area contributed by atoms with Crippen LogP contribution in [0, 0.1) is 11.8 Å². The molecule has 0 aliphatic heterocycles. The Morgan fingerprint density at radius 3 is 0.721 bits per heavy atom. The molecule has 0 N–H and O–H groups in total. The highest BCUT2D eigenvalue weighted by Crippen LogP contribution is 2.19. The number of hydrogen-bond acceptors (Lipinski definition) is 6. The summed E-state index contributed by atoms with van der Waals surface area (Å²) in [5.41, 5.74) is 0. The third-order valence-electron chi connectivity index (χ3n) is 14.2. The first-order valence-corrected chi connectivity index (χ1v) is 30.7. The first kappa shape index (κ1) is 66.4. The van der Waals surface area contributed by atoms with Gasteiger partial charge in [-0.15, -0.1) is 0 Å². The monoisotopic (exact) mass is 961 g/mol. The molecule has 0 aromatic heterocycles.